The highest BCUT2D eigenvalue weighted by molar-refractivity contribution is 7.99. The molecule has 1 aromatic carbocycles. The molecule has 1 aromatic rings. The van der Waals surface area contributed by atoms with Crippen LogP contribution in [-0.4, -0.2) is 18.8 Å². The highest BCUT2D eigenvalue weighted by Gasteiger charge is 2.24. The number of hydrogen-bond donors (Lipinski definition) is 0. The second-order valence-electron chi connectivity index (χ2n) is 5.38. The van der Waals surface area contributed by atoms with Crippen LogP contribution < -0.4 is 4.90 Å². The highest BCUT2D eigenvalue weighted by atomic mass is 32.2. The third-order valence-corrected chi connectivity index (χ3v) is 5.03. The van der Waals surface area contributed by atoms with E-state index in [9.17, 15) is 5.26 Å². The number of thioether (sulfide) groups is 1. The predicted octanol–water partition coefficient (Wildman–Crippen LogP) is 4.15. The number of benzene rings is 1. The number of hydrogen-bond acceptors (Lipinski definition) is 3. The third kappa shape index (κ3) is 3.06. The Balaban J connectivity index is 2.29. The zero-order valence-corrected chi connectivity index (χ0v) is 12.8. The highest BCUT2D eigenvalue weighted by Crippen LogP contribution is 2.33. The quantitative estimate of drug-likeness (QED) is 0.775. The van der Waals surface area contributed by atoms with Crippen LogP contribution in [0.5, 0.6) is 0 Å². The van der Waals surface area contributed by atoms with Gasteiger partial charge in [-0.15, -0.1) is 11.8 Å². The van der Waals surface area contributed by atoms with Crippen molar-refractivity contribution in [1.82, 2.24) is 0 Å². The number of nitrogens with zero attached hydrogens (tertiary/aromatic N) is 2. The molecule has 0 amide bonds. The zero-order chi connectivity index (χ0) is 13.8. The fourth-order valence-corrected chi connectivity index (χ4v) is 3.43. The monoisotopic (exact) mass is 274 g/mol. The maximum Gasteiger partial charge on any atom is 0.103 e. The molecule has 0 aromatic heterocycles. The van der Waals surface area contributed by atoms with Crippen molar-refractivity contribution >= 4 is 17.4 Å². The van der Waals surface area contributed by atoms with Crippen LogP contribution in [0.2, 0.25) is 0 Å². The van der Waals surface area contributed by atoms with E-state index < -0.39 is 0 Å². The molecule has 1 saturated heterocycles. The van der Waals surface area contributed by atoms with E-state index in [-0.39, 0.29) is 0 Å². The lowest BCUT2D eigenvalue weighted by Gasteiger charge is -2.37. The van der Waals surface area contributed by atoms with E-state index in [1.54, 1.807) is 11.8 Å². The van der Waals surface area contributed by atoms with Gasteiger partial charge in [0.25, 0.3) is 0 Å². The van der Waals surface area contributed by atoms with Gasteiger partial charge in [-0.25, -0.2) is 0 Å². The van der Waals surface area contributed by atoms with E-state index in [2.05, 4.69) is 49.9 Å². The lowest BCUT2D eigenvalue weighted by Crippen LogP contribution is -2.38. The lowest BCUT2D eigenvalue weighted by molar-refractivity contribution is 0.324. The van der Waals surface area contributed by atoms with Crippen molar-refractivity contribution in [2.75, 3.05) is 23.7 Å². The van der Waals surface area contributed by atoms with Gasteiger partial charge in [-0.05, 0) is 36.1 Å². The van der Waals surface area contributed by atoms with Crippen LogP contribution >= 0.6 is 11.8 Å². The molecule has 0 aliphatic carbocycles. The van der Waals surface area contributed by atoms with Gasteiger partial charge in [-0.3, -0.25) is 0 Å². The molecule has 1 fully saturated rings. The number of anilines is 1. The second-order valence-corrected chi connectivity index (χ2v) is 6.69. The van der Waals surface area contributed by atoms with Gasteiger partial charge < -0.3 is 4.90 Å². The number of nitriles is 1. The van der Waals surface area contributed by atoms with Crippen molar-refractivity contribution in [3.05, 3.63) is 23.8 Å². The first-order valence-electron chi connectivity index (χ1n) is 7.08. The van der Waals surface area contributed by atoms with Crippen LogP contribution in [0, 0.1) is 23.2 Å². The fourth-order valence-electron chi connectivity index (χ4n) is 2.65. The van der Waals surface area contributed by atoms with Gasteiger partial charge in [0.15, 0.2) is 0 Å². The summed E-state index contributed by atoms with van der Waals surface area (Å²) in [7, 11) is 0. The van der Waals surface area contributed by atoms with E-state index in [0.717, 1.165) is 40.9 Å². The number of rotatable bonds is 3. The number of piperidine rings is 1. The maximum atomic E-state index is 9.48. The molecule has 0 bridgehead atoms. The van der Waals surface area contributed by atoms with Crippen molar-refractivity contribution in [3.8, 4) is 6.07 Å². The summed E-state index contributed by atoms with van der Waals surface area (Å²) in [4.78, 5) is 3.51. The predicted molar refractivity (Wildman–Crippen MR) is 82.7 cm³/mol. The van der Waals surface area contributed by atoms with Crippen molar-refractivity contribution in [1.29, 1.82) is 5.26 Å². The topological polar surface area (TPSA) is 27.0 Å². The average Bonchev–Trinajstić information content (AvgIpc) is 2.42. The van der Waals surface area contributed by atoms with Crippen LogP contribution in [0.25, 0.3) is 0 Å². The van der Waals surface area contributed by atoms with E-state index in [1.165, 1.54) is 6.42 Å². The van der Waals surface area contributed by atoms with Crippen LogP contribution in [0.1, 0.15) is 32.8 Å². The normalized spacial score (nSPS) is 23.2. The molecule has 2 atom stereocenters. The summed E-state index contributed by atoms with van der Waals surface area (Å²) in [5.41, 5.74) is 1.98. The first-order chi connectivity index (χ1) is 9.17. The first kappa shape index (κ1) is 14.3. The smallest absolute Gasteiger partial charge is 0.103 e. The third-order valence-electron chi connectivity index (χ3n) is 4.09. The minimum absolute atomic E-state index is 0.697. The zero-order valence-electron chi connectivity index (χ0n) is 12.0. The summed E-state index contributed by atoms with van der Waals surface area (Å²) in [5.74, 6) is 2.49. The van der Waals surface area contributed by atoms with E-state index >= 15 is 0 Å². The molecule has 3 heteroatoms. The van der Waals surface area contributed by atoms with Gasteiger partial charge in [0.2, 0.25) is 0 Å². The largest absolute Gasteiger partial charge is 0.370 e. The van der Waals surface area contributed by atoms with Crippen molar-refractivity contribution in [3.63, 3.8) is 0 Å². The lowest BCUT2D eigenvalue weighted by atomic mass is 9.88. The molecule has 1 heterocycles. The van der Waals surface area contributed by atoms with Gasteiger partial charge in [0.1, 0.15) is 6.07 Å². The molecule has 0 saturated carbocycles. The SMILES string of the molecule is CCSc1cccc(N2CCC(C)C(C)C2)c1C#N. The fraction of sp³-hybridized carbons (Fsp3) is 0.562. The summed E-state index contributed by atoms with van der Waals surface area (Å²) in [6, 6.07) is 8.65. The summed E-state index contributed by atoms with van der Waals surface area (Å²) in [5, 5.41) is 9.48. The molecule has 0 spiro atoms. The Kier molecular flexibility index (Phi) is 4.76. The molecule has 2 unspecified atom stereocenters. The molecule has 1 aliphatic heterocycles. The van der Waals surface area contributed by atoms with Crippen LogP contribution in [0.3, 0.4) is 0 Å². The molecule has 2 nitrogen and oxygen atoms in total. The molecule has 1 aliphatic rings. The Morgan fingerprint density at radius 1 is 1.37 bits per heavy atom. The van der Waals surface area contributed by atoms with Gasteiger partial charge in [-0.2, -0.15) is 5.26 Å². The Hall–Kier alpha value is -1.14. The summed E-state index contributed by atoms with van der Waals surface area (Å²) in [6.45, 7) is 8.91. The van der Waals surface area contributed by atoms with E-state index in [4.69, 9.17) is 0 Å². The van der Waals surface area contributed by atoms with Gasteiger partial charge in [0.05, 0.1) is 11.3 Å². The Labute approximate surface area is 120 Å². The van der Waals surface area contributed by atoms with Crippen LogP contribution in [0.15, 0.2) is 23.1 Å². The minimum Gasteiger partial charge on any atom is -0.370 e. The molecular weight excluding hydrogens is 252 g/mol. The molecule has 2 rings (SSSR count). The van der Waals surface area contributed by atoms with Crippen molar-refractivity contribution < 1.29 is 0 Å². The molecule has 19 heavy (non-hydrogen) atoms. The van der Waals surface area contributed by atoms with E-state index in [1.807, 2.05) is 0 Å². The van der Waals surface area contributed by atoms with Crippen LogP contribution in [0.4, 0.5) is 5.69 Å². The Morgan fingerprint density at radius 2 is 2.16 bits per heavy atom. The standard InChI is InChI=1S/C16H22N2S/c1-4-19-16-7-5-6-15(14(16)10-17)18-9-8-12(2)13(3)11-18/h5-7,12-13H,4,8-9,11H2,1-3H3. The second kappa shape index (κ2) is 6.34. The Morgan fingerprint density at radius 3 is 2.79 bits per heavy atom. The van der Waals surface area contributed by atoms with Crippen molar-refractivity contribution in [2.24, 2.45) is 11.8 Å². The molecule has 0 radical (unpaired) electrons. The Bertz CT molecular complexity index is 478. The molecular formula is C16H22N2S. The minimum atomic E-state index is 0.697. The molecule has 0 N–H and O–H groups in total. The average molecular weight is 274 g/mol. The van der Waals surface area contributed by atoms with Crippen molar-refractivity contribution in [2.45, 2.75) is 32.1 Å². The summed E-state index contributed by atoms with van der Waals surface area (Å²) in [6.07, 6.45) is 1.22. The van der Waals surface area contributed by atoms with E-state index in [0.29, 0.717) is 5.92 Å². The van der Waals surface area contributed by atoms with Gasteiger partial charge in [0, 0.05) is 18.0 Å². The first-order valence-corrected chi connectivity index (χ1v) is 8.06. The maximum absolute atomic E-state index is 9.48. The van der Waals surface area contributed by atoms with Gasteiger partial charge in [-0.1, -0.05) is 26.8 Å². The summed E-state index contributed by atoms with van der Waals surface area (Å²) < 4.78 is 0. The molecule has 102 valence electrons. The van der Waals surface area contributed by atoms with Crippen LogP contribution in [-0.2, 0) is 0 Å². The van der Waals surface area contributed by atoms with Gasteiger partial charge >= 0.3 is 0 Å². The summed E-state index contributed by atoms with van der Waals surface area (Å²) >= 11 is 1.76.